The summed E-state index contributed by atoms with van der Waals surface area (Å²) in [6, 6.07) is 7.08. The van der Waals surface area contributed by atoms with E-state index in [1.807, 2.05) is 26.8 Å². The van der Waals surface area contributed by atoms with E-state index in [2.05, 4.69) is 15.4 Å². The van der Waals surface area contributed by atoms with Crippen LogP contribution in [0.5, 0.6) is 0 Å². The first kappa shape index (κ1) is 17.8. The Morgan fingerprint density at radius 2 is 1.91 bits per heavy atom. The van der Waals surface area contributed by atoms with E-state index in [1.165, 1.54) is 7.11 Å². The summed E-state index contributed by atoms with van der Waals surface area (Å²) < 4.78 is 9.81. The van der Waals surface area contributed by atoms with E-state index in [9.17, 15) is 9.59 Å². The number of nitrogens with one attached hydrogen (secondary N) is 2. The average Bonchev–Trinajstić information content (AvgIpc) is 2.44. The van der Waals surface area contributed by atoms with Crippen LogP contribution in [-0.2, 0) is 9.47 Å². The molecule has 1 aromatic carbocycles. The molecule has 2 N–H and O–H groups in total. The van der Waals surface area contributed by atoms with Crippen molar-refractivity contribution in [1.82, 2.24) is 5.32 Å². The Hall–Kier alpha value is -2.24. The second-order valence-electron chi connectivity index (χ2n) is 5.78. The lowest BCUT2D eigenvalue weighted by molar-refractivity contribution is 0.0526. The van der Waals surface area contributed by atoms with Crippen molar-refractivity contribution in [3.63, 3.8) is 0 Å². The molecule has 122 valence electrons. The first-order valence-electron chi connectivity index (χ1n) is 7.21. The number of rotatable bonds is 6. The molecule has 1 aromatic rings. The van der Waals surface area contributed by atoms with Crippen molar-refractivity contribution in [3.8, 4) is 0 Å². The minimum absolute atomic E-state index is 0.366. The maximum absolute atomic E-state index is 11.4. The monoisotopic (exact) mass is 308 g/mol. The zero-order valence-corrected chi connectivity index (χ0v) is 13.6. The van der Waals surface area contributed by atoms with Crippen LogP contribution in [0.3, 0.4) is 0 Å². The lowest BCUT2D eigenvalue weighted by Crippen LogP contribution is -2.33. The highest BCUT2D eigenvalue weighted by atomic mass is 16.6. The molecule has 0 atom stereocenters. The summed E-state index contributed by atoms with van der Waals surface area (Å²) in [5.41, 5.74) is 0.843. The molecular weight excluding hydrogens is 284 g/mol. The standard InChI is InChI=1S/C16H24N2O4/c1-16(2,3)22-15(20)18-10-6-9-17-13-8-5-7-12(11-13)14(19)21-4/h5,7-8,11,17H,6,9-10H2,1-4H3,(H,18,20). The molecule has 0 bridgehead atoms. The van der Waals surface area contributed by atoms with Crippen LogP contribution >= 0.6 is 0 Å². The van der Waals surface area contributed by atoms with Crippen molar-refractivity contribution in [2.45, 2.75) is 32.8 Å². The Balaban J connectivity index is 2.28. The fraction of sp³-hybridized carbons (Fsp3) is 0.500. The Bertz CT molecular complexity index is 509. The molecule has 1 rings (SSSR count). The molecule has 0 radical (unpaired) electrons. The van der Waals surface area contributed by atoms with Gasteiger partial charge in [0.1, 0.15) is 5.60 Å². The van der Waals surface area contributed by atoms with E-state index in [-0.39, 0.29) is 5.97 Å². The van der Waals surface area contributed by atoms with Gasteiger partial charge in [0.15, 0.2) is 0 Å². The van der Waals surface area contributed by atoms with Gasteiger partial charge >= 0.3 is 12.1 Å². The minimum atomic E-state index is -0.489. The number of carbonyl (C=O) groups excluding carboxylic acids is 2. The van der Waals surface area contributed by atoms with Crippen LogP contribution in [-0.4, -0.2) is 37.9 Å². The van der Waals surface area contributed by atoms with E-state index < -0.39 is 11.7 Å². The minimum Gasteiger partial charge on any atom is -0.465 e. The Morgan fingerprint density at radius 1 is 1.18 bits per heavy atom. The lowest BCUT2D eigenvalue weighted by Gasteiger charge is -2.19. The summed E-state index contributed by atoms with van der Waals surface area (Å²) in [7, 11) is 1.35. The third-order valence-corrected chi connectivity index (χ3v) is 2.63. The number of esters is 1. The lowest BCUT2D eigenvalue weighted by atomic mass is 10.2. The van der Waals surface area contributed by atoms with Crippen LogP contribution < -0.4 is 10.6 Å². The van der Waals surface area contributed by atoms with Crippen LogP contribution in [0.4, 0.5) is 10.5 Å². The Labute approximate surface area is 131 Å². The van der Waals surface area contributed by atoms with Crippen LogP contribution in [0.15, 0.2) is 24.3 Å². The normalized spacial score (nSPS) is 10.7. The van der Waals surface area contributed by atoms with Crippen molar-refractivity contribution in [3.05, 3.63) is 29.8 Å². The maximum atomic E-state index is 11.4. The number of ether oxygens (including phenoxy) is 2. The molecule has 6 nitrogen and oxygen atoms in total. The molecule has 0 spiro atoms. The number of methoxy groups -OCH3 is 1. The summed E-state index contributed by atoms with van der Waals surface area (Å²) in [5, 5.41) is 5.88. The quantitative estimate of drug-likeness (QED) is 0.624. The molecule has 0 unspecified atom stereocenters. The molecule has 0 aliphatic carbocycles. The third-order valence-electron chi connectivity index (χ3n) is 2.63. The van der Waals surface area contributed by atoms with Gasteiger partial charge in [-0.1, -0.05) is 6.07 Å². The molecule has 0 saturated carbocycles. The first-order chi connectivity index (χ1) is 10.3. The number of carbonyl (C=O) groups is 2. The molecule has 22 heavy (non-hydrogen) atoms. The smallest absolute Gasteiger partial charge is 0.407 e. The highest BCUT2D eigenvalue weighted by Crippen LogP contribution is 2.11. The molecule has 0 heterocycles. The molecule has 0 aliphatic heterocycles. The van der Waals surface area contributed by atoms with Crippen LogP contribution in [0, 0.1) is 0 Å². The average molecular weight is 308 g/mol. The molecule has 0 aromatic heterocycles. The Morgan fingerprint density at radius 3 is 2.55 bits per heavy atom. The van der Waals surface area contributed by atoms with Crippen molar-refractivity contribution in [2.75, 3.05) is 25.5 Å². The van der Waals surface area contributed by atoms with Gasteiger partial charge in [-0.3, -0.25) is 0 Å². The van der Waals surface area contributed by atoms with Gasteiger partial charge in [-0.2, -0.15) is 0 Å². The fourth-order valence-corrected chi connectivity index (χ4v) is 1.70. The number of hydrogen-bond donors (Lipinski definition) is 2. The number of anilines is 1. The topological polar surface area (TPSA) is 76.7 Å². The molecule has 0 aliphatic rings. The number of benzene rings is 1. The van der Waals surface area contributed by atoms with Gasteiger partial charge in [0.2, 0.25) is 0 Å². The predicted molar refractivity (Wildman–Crippen MR) is 85.1 cm³/mol. The van der Waals surface area contributed by atoms with Crippen molar-refractivity contribution in [1.29, 1.82) is 0 Å². The van der Waals surface area contributed by atoms with Gasteiger partial charge < -0.3 is 20.1 Å². The summed E-state index contributed by atoms with van der Waals surface area (Å²) in [4.78, 5) is 22.9. The van der Waals surface area contributed by atoms with E-state index in [0.29, 0.717) is 18.7 Å². The Kier molecular flexibility index (Phi) is 6.69. The van der Waals surface area contributed by atoms with Crippen LogP contribution in [0.25, 0.3) is 0 Å². The first-order valence-corrected chi connectivity index (χ1v) is 7.21. The zero-order valence-electron chi connectivity index (χ0n) is 13.6. The molecule has 6 heteroatoms. The van der Waals surface area contributed by atoms with Gasteiger partial charge in [0.05, 0.1) is 12.7 Å². The summed E-state index contributed by atoms with van der Waals surface area (Å²) >= 11 is 0. The second kappa shape index (κ2) is 8.26. The van der Waals surface area contributed by atoms with E-state index in [0.717, 1.165) is 12.1 Å². The van der Waals surface area contributed by atoms with E-state index >= 15 is 0 Å². The molecule has 0 saturated heterocycles. The van der Waals surface area contributed by atoms with Crippen LogP contribution in [0.2, 0.25) is 0 Å². The predicted octanol–water partition coefficient (Wildman–Crippen LogP) is 2.80. The molecular formula is C16H24N2O4. The third kappa shape index (κ3) is 6.97. The van der Waals surface area contributed by atoms with Crippen molar-refractivity contribution >= 4 is 17.7 Å². The van der Waals surface area contributed by atoms with E-state index in [4.69, 9.17) is 4.74 Å². The van der Waals surface area contributed by atoms with Gasteiger partial charge in [-0.05, 0) is 45.4 Å². The maximum Gasteiger partial charge on any atom is 0.407 e. The molecule has 1 amide bonds. The second-order valence-corrected chi connectivity index (χ2v) is 5.78. The van der Waals surface area contributed by atoms with Crippen molar-refractivity contribution < 1.29 is 19.1 Å². The van der Waals surface area contributed by atoms with Gasteiger partial charge in [-0.25, -0.2) is 9.59 Å². The summed E-state index contributed by atoms with van der Waals surface area (Å²) in [5.74, 6) is -0.366. The van der Waals surface area contributed by atoms with E-state index in [1.54, 1.807) is 18.2 Å². The summed E-state index contributed by atoms with van der Waals surface area (Å²) in [6.07, 6.45) is 0.321. The van der Waals surface area contributed by atoms with Crippen molar-refractivity contribution in [2.24, 2.45) is 0 Å². The highest BCUT2D eigenvalue weighted by Gasteiger charge is 2.15. The van der Waals surface area contributed by atoms with Gasteiger partial charge in [0, 0.05) is 18.8 Å². The largest absolute Gasteiger partial charge is 0.465 e. The summed E-state index contributed by atoms with van der Waals surface area (Å²) in [6.45, 7) is 6.65. The number of amides is 1. The number of hydrogen-bond acceptors (Lipinski definition) is 5. The molecule has 0 fully saturated rings. The highest BCUT2D eigenvalue weighted by molar-refractivity contribution is 5.90. The van der Waals surface area contributed by atoms with Gasteiger partial charge in [0.25, 0.3) is 0 Å². The van der Waals surface area contributed by atoms with Gasteiger partial charge in [-0.15, -0.1) is 0 Å². The zero-order chi connectivity index (χ0) is 16.6. The SMILES string of the molecule is COC(=O)c1cccc(NCCCNC(=O)OC(C)(C)C)c1. The fourth-order valence-electron chi connectivity index (χ4n) is 1.70. The van der Waals surface area contributed by atoms with Crippen LogP contribution in [0.1, 0.15) is 37.6 Å². The number of alkyl carbamates (subject to hydrolysis) is 1.